The number of anilines is 1. The molecule has 0 amide bonds. The third kappa shape index (κ3) is 5.58. The van der Waals surface area contributed by atoms with Crippen molar-refractivity contribution >= 4 is 37.2 Å². The second-order valence-corrected chi connectivity index (χ2v) is 11.9. The van der Waals surface area contributed by atoms with E-state index >= 15 is 0 Å². The maximum atomic E-state index is 12.5. The molecule has 166 valence electrons. The fourth-order valence-electron chi connectivity index (χ4n) is 3.38. The Balaban J connectivity index is 1.58. The van der Waals surface area contributed by atoms with Gasteiger partial charge in [0.2, 0.25) is 20.0 Å². The Hall–Kier alpha value is -1.53. The Morgan fingerprint density at radius 2 is 1.80 bits per heavy atom. The van der Waals surface area contributed by atoms with E-state index in [0.717, 1.165) is 12.8 Å². The molecule has 0 aliphatic carbocycles. The second-order valence-electron chi connectivity index (χ2n) is 7.30. The summed E-state index contributed by atoms with van der Waals surface area (Å²) in [6.45, 7) is 5.18. The molecular formula is C19H28N4O4S3. The summed E-state index contributed by atoms with van der Waals surface area (Å²) >= 11 is 1.20. The molecule has 2 aromatic rings. The van der Waals surface area contributed by atoms with Crippen LogP contribution in [0.4, 0.5) is 5.82 Å². The molecule has 0 spiro atoms. The minimum Gasteiger partial charge on any atom is -0.357 e. The second kappa shape index (κ2) is 9.73. The molecule has 11 heteroatoms. The number of pyridine rings is 1. The molecule has 30 heavy (non-hydrogen) atoms. The zero-order valence-electron chi connectivity index (χ0n) is 17.1. The monoisotopic (exact) mass is 472 g/mol. The fourth-order valence-corrected chi connectivity index (χ4v) is 7.04. The molecule has 1 aliphatic rings. The predicted molar refractivity (Wildman–Crippen MR) is 119 cm³/mol. The van der Waals surface area contributed by atoms with Crippen LogP contribution in [0, 0.1) is 0 Å². The summed E-state index contributed by atoms with van der Waals surface area (Å²) in [5, 5.41) is 1.74. The largest absolute Gasteiger partial charge is 0.357 e. The number of sulfonamides is 2. The van der Waals surface area contributed by atoms with Crippen LogP contribution in [0.25, 0.3) is 0 Å². The van der Waals surface area contributed by atoms with Gasteiger partial charge in [-0.15, -0.1) is 11.3 Å². The highest BCUT2D eigenvalue weighted by Gasteiger charge is 2.26. The molecule has 2 aromatic heterocycles. The molecule has 0 bridgehead atoms. The average Bonchev–Trinajstić information content (AvgIpc) is 3.28. The van der Waals surface area contributed by atoms with Gasteiger partial charge in [0, 0.05) is 31.4 Å². The summed E-state index contributed by atoms with van der Waals surface area (Å²) in [7, 11) is -7.06. The first-order chi connectivity index (χ1) is 14.2. The van der Waals surface area contributed by atoms with Crippen LogP contribution in [-0.2, 0) is 20.0 Å². The molecule has 1 fully saturated rings. The van der Waals surface area contributed by atoms with Gasteiger partial charge in [-0.2, -0.15) is 0 Å². The van der Waals surface area contributed by atoms with E-state index in [1.807, 2.05) is 18.7 Å². The molecule has 0 atom stereocenters. The molecule has 0 saturated carbocycles. The van der Waals surface area contributed by atoms with Crippen molar-refractivity contribution in [3.63, 3.8) is 0 Å². The lowest BCUT2D eigenvalue weighted by molar-refractivity contribution is 0.459. The number of aromatic nitrogens is 1. The van der Waals surface area contributed by atoms with Gasteiger partial charge in [-0.05, 0) is 49.3 Å². The van der Waals surface area contributed by atoms with E-state index in [4.69, 9.17) is 0 Å². The van der Waals surface area contributed by atoms with Crippen LogP contribution in [0.3, 0.4) is 0 Å². The Labute approximate surface area is 182 Å². The SMILES string of the molecule is CCC(CC)NS(=O)(=O)c1ccc(N2CCC(NS(=O)(=O)c3cccs3)CC2)nc1. The van der Waals surface area contributed by atoms with Crippen LogP contribution in [0.2, 0.25) is 0 Å². The summed E-state index contributed by atoms with van der Waals surface area (Å²) in [6, 6.07) is 6.37. The molecule has 0 radical (unpaired) electrons. The van der Waals surface area contributed by atoms with E-state index < -0.39 is 20.0 Å². The van der Waals surface area contributed by atoms with Gasteiger partial charge < -0.3 is 4.90 Å². The van der Waals surface area contributed by atoms with Crippen molar-refractivity contribution < 1.29 is 16.8 Å². The Morgan fingerprint density at radius 1 is 1.10 bits per heavy atom. The lowest BCUT2D eigenvalue weighted by atomic mass is 10.1. The van der Waals surface area contributed by atoms with E-state index in [-0.39, 0.29) is 17.0 Å². The van der Waals surface area contributed by atoms with E-state index in [9.17, 15) is 16.8 Å². The zero-order valence-corrected chi connectivity index (χ0v) is 19.6. The van der Waals surface area contributed by atoms with Crippen LogP contribution >= 0.6 is 11.3 Å². The van der Waals surface area contributed by atoms with Gasteiger partial charge in [0.05, 0.1) is 0 Å². The first-order valence-electron chi connectivity index (χ1n) is 10.0. The van der Waals surface area contributed by atoms with Crippen LogP contribution in [0.1, 0.15) is 39.5 Å². The highest BCUT2D eigenvalue weighted by atomic mass is 32.2. The van der Waals surface area contributed by atoms with E-state index in [1.54, 1.807) is 29.6 Å². The fraction of sp³-hybridized carbons (Fsp3) is 0.526. The van der Waals surface area contributed by atoms with Gasteiger partial charge in [0.15, 0.2) is 0 Å². The van der Waals surface area contributed by atoms with Gasteiger partial charge in [0.1, 0.15) is 14.9 Å². The average molecular weight is 473 g/mol. The summed E-state index contributed by atoms with van der Waals surface area (Å²) in [4.78, 5) is 6.53. The van der Waals surface area contributed by atoms with E-state index in [0.29, 0.717) is 36.0 Å². The van der Waals surface area contributed by atoms with Crippen molar-refractivity contribution in [2.45, 2.75) is 60.7 Å². The van der Waals surface area contributed by atoms with Crippen LogP contribution in [0.15, 0.2) is 44.9 Å². The van der Waals surface area contributed by atoms with Gasteiger partial charge in [-0.3, -0.25) is 0 Å². The highest BCUT2D eigenvalue weighted by Crippen LogP contribution is 2.22. The highest BCUT2D eigenvalue weighted by molar-refractivity contribution is 7.91. The number of nitrogens with one attached hydrogen (secondary N) is 2. The zero-order chi connectivity index (χ0) is 21.8. The quantitative estimate of drug-likeness (QED) is 0.581. The molecule has 3 rings (SSSR count). The molecule has 1 aliphatic heterocycles. The smallest absolute Gasteiger partial charge is 0.250 e. The summed E-state index contributed by atoms with van der Waals surface area (Å²) in [5.41, 5.74) is 0. The Bertz CT molecular complexity index is 1010. The van der Waals surface area contributed by atoms with Gasteiger partial charge in [-0.1, -0.05) is 19.9 Å². The number of hydrogen-bond donors (Lipinski definition) is 2. The first kappa shape index (κ1) is 23.1. The van der Waals surface area contributed by atoms with Crippen LogP contribution in [0.5, 0.6) is 0 Å². The molecule has 2 N–H and O–H groups in total. The summed E-state index contributed by atoms with van der Waals surface area (Å²) < 4.78 is 55.5. The minimum absolute atomic E-state index is 0.0911. The molecule has 8 nitrogen and oxygen atoms in total. The summed E-state index contributed by atoms with van der Waals surface area (Å²) in [6.07, 6.45) is 4.15. The third-order valence-electron chi connectivity index (χ3n) is 5.24. The van der Waals surface area contributed by atoms with Crippen molar-refractivity contribution in [2.75, 3.05) is 18.0 Å². The normalized spacial score (nSPS) is 16.3. The van der Waals surface area contributed by atoms with Crippen LogP contribution < -0.4 is 14.3 Å². The van der Waals surface area contributed by atoms with Crippen molar-refractivity contribution in [3.8, 4) is 0 Å². The Kier molecular flexibility index (Phi) is 7.51. The lowest BCUT2D eigenvalue weighted by Gasteiger charge is -2.33. The van der Waals surface area contributed by atoms with Crippen LogP contribution in [-0.4, -0.2) is 47.0 Å². The third-order valence-corrected chi connectivity index (χ3v) is 9.66. The first-order valence-corrected chi connectivity index (χ1v) is 13.9. The minimum atomic E-state index is -3.59. The maximum Gasteiger partial charge on any atom is 0.250 e. The topological polar surface area (TPSA) is 108 Å². The van der Waals surface area contributed by atoms with Crippen molar-refractivity contribution in [2.24, 2.45) is 0 Å². The Morgan fingerprint density at radius 3 is 2.33 bits per heavy atom. The van der Waals surface area contributed by atoms with E-state index in [1.165, 1.54) is 17.5 Å². The molecule has 0 aromatic carbocycles. The number of piperidine rings is 1. The van der Waals surface area contributed by atoms with Crippen molar-refractivity contribution in [1.82, 2.24) is 14.4 Å². The maximum absolute atomic E-state index is 12.5. The van der Waals surface area contributed by atoms with E-state index in [2.05, 4.69) is 14.4 Å². The van der Waals surface area contributed by atoms with Crippen molar-refractivity contribution in [3.05, 3.63) is 35.8 Å². The molecule has 0 unspecified atom stereocenters. The lowest BCUT2D eigenvalue weighted by Crippen LogP contribution is -2.44. The molecular weight excluding hydrogens is 444 g/mol. The van der Waals surface area contributed by atoms with Gasteiger partial charge in [0.25, 0.3) is 0 Å². The van der Waals surface area contributed by atoms with Gasteiger partial charge in [-0.25, -0.2) is 31.3 Å². The van der Waals surface area contributed by atoms with Gasteiger partial charge >= 0.3 is 0 Å². The standard InChI is InChI=1S/C19H28N4O4S3/c1-3-15(4-2)21-29(24,25)17-7-8-18(20-14-17)23-11-9-16(10-12-23)22-30(26,27)19-6-5-13-28-19/h5-8,13-16,21-22H,3-4,9-12H2,1-2H3. The molecule has 3 heterocycles. The van der Waals surface area contributed by atoms with Crippen molar-refractivity contribution in [1.29, 1.82) is 0 Å². The number of hydrogen-bond acceptors (Lipinski definition) is 7. The summed E-state index contributed by atoms with van der Waals surface area (Å²) in [5.74, 6) is 0.691. The number of nitrogens with zero attached hydrogens (tertiary/aromatic N) is 2. The predicted octanol–water partition coefficient (Wildman–Crippen LogP) is 2.56. The molecule has 1 saturated heterocycles. The number of thiophene rings is 1. The number of rotatable bonds is 9.